The quantitative estimate of drug-likeness (QED) is 0.841. The Morgan fingerprint density at radius 1 is 1.41 bits per heavy atom. The first-order valence-corrected chi connectivity index (χ1v) is 6.13. The van der Waals surface area contributed by atoms with Crippen LogP contribution < -0.4 is 0 Å². The summed E-state index contributed by atoms with van der Waals surface area (Å²) in [5.41, 5.74) is -0.851. The third-order valence-corrected chi connectivity index (χ3v) is 3.88. The predicted molar refractivity (Wildman–Crippen MR) is 64.9 cm³/mol. The molecule has 0 amide bonds. The molecule has 0 aliphatic carbocycles. The zero-order valence-electron chi connectivity index (χ0n) is 9.34. The maximum atomic E-state index is 13.4. The van der Waals surface area contributed by atoms with Crippen molar-refractivity contribution in [2.45, 2.75) is 18.9 Å². The average Bonchev–Trinajstić information content (AvgIpc) is 2.77. The molecule has 1 aromatic rings. The number of ether oxygens (including phenoxy) is 1. The molecule has 2 unspecified atom stereocenters. The van der Waals surface area contributed by atoms with Crippen LogP contribution in [0.2, 0.25) is 10.0 Å². The van der Waals surface area contributed by atoms with Crippen LogP contribution in [-0.4, -0.2) is 18.3 Å². The van der Waals surface area contributed by atoms with Crippen LogP contribution in [0.4, 0.5) is 4.39 Å². The molecule has 1 aliphatic heterocycles. The van der Waals surface area contributed by atoms with E-state index in [-0.39, 0.29) is 16.0 Å². The summed E-state index contributed by atoms with van der Waals surface area (Å²) in [6.45, 7) is 2.68. The van der Waals surface area contributed by atoms with Crippen LogP contribution in [0.3, 0.4) is 0 Å². The lowest BCUT2D eigenvalue weighted by molar-refractivity contribution is -0.00984. The van der Waals surface area contributed by atoms with E-state index in [1.54, 1.807) is 6.92 Å². The van der Waals surface area contributed by atoms with E-state index in [2.05, 4.69) is 0 Å². The zero-order valence-corrected chi connectivity index (χ0v) is 10.9. The molecule has 94 valence electrons. The fourth-order valence-corrected chi connectivity index (χ4v) is 2.68. The molecule has 0 aromatic heterocycles. The third-order valence-electron chi connectivity index (χ3n) is 3.28. The van der Waals surface area contributed by atoms with Gasteiger partial charge in [-0.2, -0.15) is 0 Å². The summed E-state index contributed by atoms with van der Waals surface area (Å²) in [5.74, 6) is -0.661. The van der Waals surface area contributed by atoms with Crippen molar-refractivity contribution in [3.8, 4) is 0 Å². The largest absolute Gasteiger partial charge is 0.385 e. The fraction of sp³-hybridized carbons (Fsp3) is 0.500. The maximum Gasteiger partial charge on any atom is 0.142 e. The van der Waals surface area contributed by atoms with Crippen LogP contribution >= 0.6 is 23.2 Å². The lowest BCUT2D eigenvalue weighted by Gasteiger charge is -2.30. The number of benzene rings is 1. The summed E-state index contributed by atoms with van der Waals surface area (Å²) in [7, 11) is 0. The minimum Gasteiger partial charge on any atom is -0.385 e. The molecule has 0 radical (unpaired) electrons. The van der Waals surface area contributed by atoms with E-state index in [0.29, 0.717) is 18.8 Å². The summed E-state index contributed by atoms with van der Waals surface area (Å²) in [6.07, 6.45) is 0.730. The van der Waals surface area contributed by atoms with Gasteiger partial charge in [0.25, 0.3) is 0 Å². The van der Waals surface area contributed by atoms with Crippen LogP contribution in [0.15, 0.2) is 12.1 Å². The van der Waals surface area contributed by atoms with E-state index in [1.165, 1.54) is 12.1 Å². The first kappa shape index (κ1) is 13.1. The summed E-state index contributed by atoms with van der Waals surface area (Å²) >= 11 is 11.6. The van der Waals surface area contributed by atoms with Gasteiger partial charge in [-0.3, -0.25) is 0 Å². The lowest BCUT2D eigenvalue weighted by atomic mass is 9.82. The van der Waals surface area contributed by atoms with Gasteiger partial charge in [0, 0.05) is 23.1 Å². The van der Waals surface area contributed by atoms with E-state index in [0.717, 1.165) is 6.42 Å². The highest BCUT2D eigenvalue weighted by molar-refractivity contribution is 6.35. The molecular formula is C12H13Cl2FO2. The molecule has 1 aromatic carbocycles. The second kappa shape index (κ2) is 4.73. The van der Waals surface area contributed by atoms with Crippen LogP contribution in [0.5, 0.6) is 0 Å². The highest BCUT2D eigenvalue weighted by Gasteiger charge is 2.38. The Hall–Kier alpha value is -0.350. The van der Waals surface area contributed by atoms with Gasteiger partial charge in [-0.05, 0) is 25.5 Å². The van der Waals surface area contributed by atoms with Crippen LogP contribution in [-0.2, 0) is 10.3 Å². The average molecular weight is 279 g/mol. The van der Waals surface area contributed by atoms with Gasteiger partial charge in [-0.1, -0.05) is 23.2 Å². The fourth-order valence-electron chi connectivity index (χ4n) is 2.11. The van der Waals surface area contributed by atoms with Gasteiger partial charge in [-0.15, -0.1) is 0 Å². The lowest BCUT2D eigenvalue weighted by Crippen LogP contribution is -2.32. The minimum atomic E-state index is -1.21. The number of hydrogen-bond donors (Lipinski definition) is 1. The Bertz CT molecular complexity index is 429. The molecule has 5 heteroatoms. The molecule has 0 bridgehead atoms. The smallest absolute Gasteiger partial charge is 0.142 e. The van der Waals surface area contributed by atoms with Crippen LogP contribution in [0.25, 0.3) is 0 Å². The Labute approximate surface area is 109 Å². The summed E-state index contributed by atoms with van der Waals surface area (Å²) in [6, 6.07) is 2.51. The van der Waals surface area contributed by atoms with Crippen molar-refractivity contribution in [2.75, 3.05) is 13.2 Å². The first-order valence-electron chi connectivity index (χ1n) is 5.38. The van der Waals surface area contributed by atoms with Gasteiger partial charge in [0.1, 0.15) is 5.82 Å². The zero-order chi connectivity index (χ0) is 12.6. The number of rotatable bonds is 2. The van der Waals surface area contributed by atoms with Crippen molar-refractivity contribution in [1.29, 1.82) is 0 Å². The molecule has 2 nitrogen and oxygen atoms in total. The first-order chi connectivity index (χ1) is 7.93. The van der Waals surface area contributed by atoms with Crippen molar-refractivity contribution in [3.05, 3.63) is 33.6 Å². The van der Waals surface area contributed by atoms with Crippen molar-refractivity contribution < 1.29 is 14.2 Å². The van der Waals surface area contributed by atoms with Crippen molar-refractivity contribution >= 4 is 23.2 Å². The minimum absolute atomic E-state index is 0.0442. The number of halogens is 3. The van der Waals surface area contributed by atoms with Gasteiger partial charge in [-0.25, -0.2) is 4.39 Å². The molecule has 2 atom stereocenters. The summed E-state index contributed by atoms with van der Waals surface area (Å²) < 4.78 is 18.7. The third kappa shape index (κ3) is 2.43. The Kier molecular flexibility index (Phi) is 3.64. The van der Waals surface area contributed by atoms with Crippen LogP contribution in [0.1, 0.15) is 18.9 Å². The summed E-state index contributed by atoms with van der Waals surface area (Å²) in [4.78, 5) is 0. The van der Waals surface area contributed by atoms with Gasteiger partial charge in [0.15, 0.2) is 0 Å². The summed E-state index contributed by atoms with van der Waals surface area (Å²) in [5, 5.41) is 10.7. The Morgan fingerprint density at radius 3 is 2.71 bits per heavy atom. The van der Waals surface area contributed by atoms with Gasteiger partial charge in [0.2, 0.25) is 0 Å². The van der Waals surface area contributed by atoms with Crippen molar-refractivity contribution in [2.24, 2.45) is 5.92 Å². The number of aliphatic hydroxyl groups is 1. The molecule has 1 aliphatic rings. The van der Waals surface area contributed by atoms with E-state index in [4.69, 9.17) is 27.9 Å². The Balaban J connectivity index is 2.41. The highest BCUT2D eigenvalue weighted by atomic mass is 35.5. The van der Waals surface area contributed by atoms with E-state index < -0.39 is 11.4 Å². The van der Waals surface area contributed by atoms with Gasteiger partial charge >= 0.3 is 0 Å². The maximum absolute atomic E-state index is 13.4. The molecule has 17 heavy (non-hydrogen) atoms. The van der Waals surface area contributed by atoms with Crippen molar-refractivity contribution in [3.63, 3.8) is 0 Å². The van der Waals surface area contributed by atoms with E-state index in [9.17, 15) is 9.50 Å². The molecular weight excluding hydrogens is 266 g/mol. The van der Waals surface area contributed by atoms with Gasteiger partial charge < -0.3 is 9.84 Å². The van der Waals surface area contributed by atoms with Crippen LogP contribution in [0, 0.1) is 11.7 Å². The molecule has 1 saturated heterocycles. The molecule has 1 fully saturated rings. The van der Waals surface area contributed by atoms with E-state index in [1.807, 2.05) is 0 Å². The Morgan fingerprint density at radius 2 is 2.12 bits per heavy atom. The molecule has 0 saturated carbocycles. The van der Waals surface area contributed by atoms with Gasteiger partial charge in [0.05, 0.1) is 17.2 Å². The normalized spacial score (nSPS) is 23.7. The second-order valence-corrected chi connectivity index (χ2v) is 5.27. The van der Waals surface area contributed by atoms with Crippen molar-refractivity contribution in [1.82, 2.24) is 0 Å². The second-order valence-electron chi connectivity index (χ2n) is 4.45. The SMILES string of the molecule is CC(O)(c1cc(F)c(Cl)cc1Cl)C1CCOC1. The predicted octanol–water partition coefficient (Wildman–Crippen LogP) is 3.38. The number of hydrogen-bond acceptors (Lipinski definition) is 2. The molecule has 2 rings (SSSR count). The molecule has 1 N–H and O–H groups in total. The monoisotopic (exact) mass is 278 g/mol. The molecule has 1 heterocycles. The molecule has 0 spiro atoms. The standard InChI is InChI=1S/C12H13Cl2FO2/c1-12(16,7-2-3-17-6-7)8-4-11(15)10(14)5-9(8)13/h4-5,7,16H,2-3,6H2,1H3. The van der Waals surface area contributed by atoms with E-state index >= 15 is 0 Å². The highest BCUT2D eigenvalue weighted by Crippen LogP contribution is 2.39. The topological polar surface area (TPSA) is 29.5 Å².